The van der Waals surface area contributed by atoms with Gasteiger partial charge in [0.2, 0.25) is 0 Å². The molecule has 0 atom stereocenters. The highest BCUT2D eigenvalue weighted by molar-refractivity contribution is 7.14. The number of carboxylic acid groups (broad SMARTS) is 1. The molecule has 0 radical (unpaired) electrons. The molecule has 1 heterocycles. The van der Waals surface area contributed by atoms with Gasteiger partial charge in [0.25, 0.3) is 0 Å². The van der Waals surface area contributed by atoms with Crippen molar-refractivity contribution in [1.29, 1.82) is 0 Å². The number of hydrogen-bond acceptors (Lipinski definition) is 4. The van der Waals surface area contributed by atoms with E-state index in [0.29, 0.717) is 17.2 Å². The summed E-state index contributed by atoms with van der Waals surface area (Å²) in [5, 5.41) is 9.41. The zero-order valence-corrected chi connectivity index (χ0v) is 7.97. The first kappa shape index (κ1) is 9.88. The predicted octanol–water partition coefficient (Wildman–Crippen LogP) is 1.12. The summed E-state index contributed by atoms with van der Waals surface area (Å²) in [5.74, 6) is -0.928. The number of carbonyl (C=O) groups is 1. The van der Waals surface area contributed by atoms with Crippen LogP contribution in [0.3, 0.4) is 0 Å². The van der Waals surface area contributed by atoms with Crippen molar-refractivity contribution in [2.24, 2.45) is 5.73 Å². The average molecular weight is 198 g/mol. The van der Waals surface area contributed by atoms with Crippen LogP contribution in [0.25, 0.3) is 6.08 Å². The van der Waals surface area contributed by atoms with Crippen molar-refractivity contribution >= 4 is 23.4 Å². The smallest absolute Gasteiger partial charge is 0.347 e. The van der Waals surface area contributed by atoms with Crippen molar-refractivity contribution < 1.29 is 9.90 Å². The van der Waals surface area contributed by atoms with E-state index in [1.807, 2.05) is 0 Å². The van der Waals surface area contributed by atoms with Crippen LogP contribution >= 0.6 is 11.3 Å². The van der Waals surface area contributed by atoms with E-state index in [9.17, 15) is 4.79 Å². The van der Waals surface area contributed by atoms with E-state index >= 15 is 0 Å². The highest BCUT2D eigenvalue weighted by atomic mass is 32.1. The molecule has 0 saturated carbocycles. The van der Waals surface area contributed by atoms with Crippen LogP contribution in [0.5, 0.6) is 0 Å². The number of aromatic nitrogens is 1. The molecule has 4 nitrogen and oxygen atoms in total. The number of carboxylic acids is 1. The van der Waals surface area contributed by atoms with Gasteiger partial charge in [-0.3, -0.25) is 0 Å². The molecule has 0 aliphatic rings. The van der Waals surface area contributed by atoms with E-state index in [0.717, 1.165) is 11.3 Å². The molecule has 0 aliphatic heterocycles. The summed E-state index contributed by atoms with van der Waals surface area (Å²) in [4.78, 5) is 15.0. The second-order valence-electron chi connectivity index (χ2n) is 2.41. The normalized spacial score (nSPS) is 10.9. The summed E-state index contributed by atoms with van der Waals surface area (Å²) in [7, 11) is 0. The molecule has 70 valence electrons. The maximum Gasteiger partial charge on any atom is 0.347 e. The second-order valence-corrected chi connectivity index (χ2v) is 3.44. The Morgan fingerprint density at radius 3 is 2.92 bits per heavy atom. The zero-order valence-electron chi connectivity index (χ0n) is 7.15. The van der Waals surface area contributed by atoms with Gasteiger partial charge in [-0.2, -0.15) is 0 Å². The van der Waals surface area contributed by atoms with Gasteiger partial charge in [-0.15, -0.1) is 11.3 Å². The molecule has 0 aliphatic carbocycles. The van der Waals surface area contributed by atoms with Gasteiger partial charge in [-0.25, -0.2) is 9.78 Å². The van der Waals surface area contributed by atoms with Crippen LogP contribution in [-0.2, 0) is 0 Å². The second kappa shape index (κ2) is 4.15. The molecule has 13 heavy (non-hydrogen) atoms. The molecule has 0 saturated heterocycles. The predicted molar refractivity (Wildman–Crippen MR) is 51.9 cm³/mol. The number of rotatable bonds is 3. The molecule has 0 bridgehead atoms. The summed E-state index contributed by atoms with van der Waals surface area (Å²) in [6.45, 7) is 2.11. The van der Waals surface area contributed by atoms with Gasteiger partial charge < -0.3 is 10.8 Å². The lowest BCUT2D eigenvalue weighted by Crippen LogP contribution is -1.94. The Morgan fingerprint density at radius 2 is 2.46 bits per heavy atom. The maximum absolute atomic E-state index is 10.6. The average Bonchev–Trinajstić information content (AvgIpc) is 2.43. The van der Waals surface area contributed by atoms with Gasteiger partial charge >= 0.3 is 5.97 Å². The molecular weight excluding hydrogens is 188 g/mol. The molecule has 0 unspecified atom stereocenters. The Kier molecular flexibility index (Phi) is 3.16. The fourth-order valence-electron chi connectivity index (χ4n) is 0.856. The first-order valence-electron chi connectivity index (χ1n) is 3.72. The Balaban J connectivity index is 2.95. The highest BCUT2D eigenvalue weighted by Crippen LogP contribution is 2.18. The quantitative estimate of drug-likeness (QED) is 0.763. The van der Waals surface area contributed by atoms with E-state index < -0.39 is 5.97 Å². The van der Waals surface area contributed by atoms with Gasteiger partial charge in [-0.05, 0) is 13.0 Å². The van der Waals surface area contributed by atoms with Crippen LogP contribution in [0, 0.1) is 6.92 Å². The first-order valence-corrected chi connectivity index (χ1v) is 4.54. The molecule has 0 aromatic carbocycles. The van der Waals surface area contributed by atoms with Crippen molar-refractivity contribution in [3.05, 3.63) is 21.7 Å². The Hall–Kier alpha value is -1.20. The summed E-state index contributed by atoms with van der Waals surface area (Å²) >= 11 is 1.15. The topological polar surface area (TPSA) is 76.2 Å². The van der Waals surface area contributed by atoms with E-state index in [-0.39, 0.29) is 4.88 Å². The molecule has 0 spiro atoms. The van der Waals surface area contributed by atoms with Gasteiger partial charge in [0.1, 0.15) is 9.88 Å². The van der Waals surface area contributed by atoms with E-state index in [2.05, 4.69) is 4.98 Å². The molecule has 3 N–H and O–H groups in total. The number of aryl methyl sites for hydroxylation is 1. The Morgan fingerprint density at radius 1 is 1.77 bits per heavy atom. The summed E-state index contributed by atoms with van der Waals surface area (Å²) in [5.41, 5.74) is 5.80. The summed E-state index contributed by atoms with van der Waals surface area (Å²) in [6.07, 6.45) is 3.47. The third kappa shape index (κ3) is 2.37. The van der Waals surface area contributed by atoms with Gasteiger partial charge in [-0.1, -0.05) is 6.08 Å². The van der Waals surface area contributed by atoms with Crippen molar-refractivity contribution in [3.63, 3.8) is 0 Å². The number of thiazole rings is 1. The van der Waals surface area contributed by atoms with E-state index in [4.69, 9.17) is 10.8 Å². The molecule has 1 rings (SSSR count). The minimum Gasteiger partial charge on any atom is -0.477 e. The van der Waals surface area contributed by atoms with Crippen molar-refractivity contribution in [2.45, 2.75) is 6.92 Å². The maximum atomic E-state index is 10.6. The first-order chi connectivity index (χ1) is 6.15. The molecule has 0 fully saturated rings. The lowest BCUT2D eigenvalue weighted by atomic mass is 10.4. The van der Waals surface area contributed by atoms with E-state index in [1.54, 1.807) is 19.1 Å². The van der Waals surface area contributed by atoms with Crippen molar-refractivity contribution in [3.8, 4) is 0 Å². The fourth-order valence-corrected chi connectivity index (χ4v) is 1.69. The molecule has 1 aromatic heterocycles. The number of aromatic carboxylic acids is 1. The molecular formula is C8H10N2O2S. The van der Waals surface area contributed by atoms with Crippen molar-refractivity contribution in [1.82, 2.24) is 4.98 Å². The molecule has 1 aromatic rings. The third-order valence-corrected chi connectivity index (χ3v) is 2.51. The van der Waals surface area contributed by atoms with Crippen LogP contribution in [0.2, 0.25) is 0 Å². The Labute approximate surface area is 79.7 Å². The lowest BCUT2D eigenvalue weighted by molar-refractivity contribution is 0.0701. The lowest BCUT2D eigenvalue weighted by Gasteiger charge is -1.84. The largest absolute Gasteiger partial charge is 0.477 e. The van der Waals surface area contributed by atoms with E-state index in [1.165, 1.54) is 0 Å². The van der Waals surface area contributed by atoms with Crippen LogP contribution in [0.1, 0.15) is 20.4 Å². The van der Waals surface area contributed by atoms with Gasteiger partial charge in [0, 0.05) is 6.54 Å². The summed E-state index contributed by atoms with van der Waals surface area (Å²) < 4.78 is 0. The summed E-state index contributed by atoms with van der Waals surface area (Å²) in [6, 6.07) is 0. The number of hydrogen-bond donors (Lipinski definition) is 2. The van der Waals surface area contributed by atoms with Gasteiger partial charge in [0.05, 0.1) is 5.69 Å². The SMILES string of the molecule is Cc1nc(C=CCN)sc1C(=O)O. The van der Waals surface area contributed by atoms with Crippen LogP contribution in [-0.4, -0.2) is 22.6 Å². The van der Waals surface area contributed by atoms with Crippen molar-refractivity contribution in [2.75, 3.05) is 6.54 Å². The van der Waals surface area contributed by atoms with Crippen LogP contribution in [0.15, 0.2) is 6.08 Å². The van der Waals surface area contributed by atoms with Crippen LogP contribution < -0.4 is 5.73 Å². The Bertz CT molecular complexity index is 344. The zero-order chi connectivity index (χ0) is 9.84. The monoisotopic (exact) mass is 198 g/mol. The fraction of sp³-hybridized carbons (Fsp3) is 0.250. The number of nitrogens with zero attached hydrogens (tertiary/aromatic N) is 1. The number of nitrogens with two attached hydrogens (primary N) is 1. The highest BCUT2D eigenvalue weighted by Gasteiger charge is 2.11. The van der Waals surface area contributed by atoms with Gasteiger partial charge in [0.15, 0.2) is 0 Å². The molecule has 0 amide bonds. The minimum atomic E-state index is -0.928. The van der Waals surface area contributed by atoms with Crippen LogP contribution in [0.4, 0.5) is 0 Å². The minimum absolute atomic E-state index is 0.289. The third-order valence-electron chi connectivity index (χ3n) is 1.40. The standard InChI is InChI=1S/C8H10N2O2S/c1-5-7(8(11)12)13-6(10-5)3-2-4-9/h2-3H,4,9H2,1H3,(H,11,12). The molecule has 5 heteroatoms.